The molecule has 0 radical (unpaired) electrons. The molecule has 1 aromatic heterocycles. The monoisotopic (exact) mass is 378 g/mol. The summed E-state index contributed by atoms with van der Waals surface area (Å²) in [7, 11) is -3.21. The number of thioether (sulfide) groups is 1. The molecule has 0 saturated heterocycles. The molecule has 7 heteroatoms. The Balaban J connectivity index is 2.10. The summed E-state index contributed by atoms with van der Waals surface area (Å²) < 4.78 is 25.2. The van der Waals surface area contributed by atoms with Gasteiger partial charge < -0.3 is 0 Å². The van der Waals surface area contributed by atoms with Gasteiger partial charge in [-0.15, -0.1) is 11.8 Å². The van der Waals surface area contributed by atoms with Crippen molar-refractivity contribution in [3.05, 3.63) is 59.8 Å². The zero-order valence-electron chi connectivity index (χ0n) is 13.1. The third-order valence-electron chi connectivity index (χ3n) is 3.54. The fraction of sp³-hybridized carbons (Fsp3) is 0.118. The van der Waals surface area contributed by atoms with Gasteiger partial charge in [0.25, 0.3) is 0 Å². The van der Waals surface area contributed by atoms with Crippen molar-refractivity contribution in [3.8, 4) is 17.1 Å². The van der Waals surface area contributed by atoms with Crippen LogP contribution < -0.4 is 0 Å². The van der Waals surface area contributed by atoms with E-state index in [0.717, 1.165) is 22.1 Å². The molecule has 0 unspecified atom stereocenters. The van der Waals surface area contributed by atoms with Gasteiger partial charge in [0, 0.05) is 28.7 Å². The molecule has 24 heavy (non-hydrogen) atoms. The lowest BCUT2D eigenvalue weighted by Crippen LogP contribution is -1.99. The highest BCUT2D eigenvalue weighted by atomic mass is 35.5. The molecule has 4 nitrogen and oxygen atoms in total. The quantitative estimate of drug-likeness (QED) is 0.634. The van der Waals surface area contributed by atoms with Crippen molar-refractivity contribution in [2.75, 3.05) is 12.5 Å². The van der Waals surface area contributed by atoms with Crippen LogP contribution in [-0.4, -0.2) is 30.5 Å². The number of rotatable bonds is 4. The average Bonchev–Trinajstić information content (AvgIpc) is 2.99. The molecule has 0 atom stereocenters. The Morgan fingerprint density at radius 3 is 2.21 bits per heavy atom. The van der Waals surface area contributed by atoms with Crippen LogP contribution in [0.15, 0.2) is 64.6 Å². The summed E-state index contributed by atoms with van der Waals surface area (Å²) in [6, 6.07) is 14.2. The van der Waals surface area contributed by atoms with Gasteiger partial charge in [0.1, 0.15) is 10.9 Å². The van der Waals surface area contributed by atoms with E-state index >= 15 is 0 Å². The SMILES string of the molecule is CSc1cn(-c2ccc(S(C)(=O)=O)cc2)c(-c2ccc(Cl)cc2)n1. The lowest BCUT2D eigenvalue weighted by molar-refractivity contribution is 0.602. The summed E-state index contributed by atoms with van der Waals surface area (Å²) in [5, 5.41) is 1.55. The topological polar surface area (TPSA) is 52.0 Å². The van der Waals surface area contributed by atoms with Crippen molar-refractivity contribution in [3.63, 3.8) is 0 Å². The van der Waals surface area contributed by atoms with Gasteiger partial charge in [0.2, 0.25) is 0 Å². The first kappa shape index (κ1) is 17.1. The first-order valence-electron chi connectivity index (χ1n) is 7.08. The molecule has 0 bridgehead atoms. The van der Waals surface area contributed by atoms with E-state index in [1.54, 1.807) is 36.0 Å². The molecule has 2 aromatic carbocycles. The maximum absolute atomic E-state index is 11.6. The molecule has 0 spiro atoms. The summed E-state index contributed by atoms with van der Waals surface area (Å²) >= 11 is 7.51. The van der Waals surface area contributed by atoms with Crippen molar-refractivity contribution in [1.82, 2.24) is 9.55 Å². The van der Waals surface area contributed by atoms with Gasteiger partial charge in [0.05, 0.1) is 4.90 Å². The minimum atomic E-state index is -3.21. The van der Waals surface area contributed by atoms with Crippen LogP contribution in [-0.2, 0) is 9.84 Å². The third-order valence-corrected chi connectivity index (χ3v) is 5.53. The standard InChI is InChI=1S/C17H15ClN2O2S2/c1-23-16-11-20(14-7-9-15(10-8-14)24(2,21)22)17(19-16)12-3-5-13(18)6-4-12/h3-11H,1-2H3. The number of hydrogen-bond acceptors (Lipinski definition) is 4. The molecule has 3 aromatic rings. The van der Waals surface area contributed by atoms with Gasteiger partial charge in [-0.25, -0.2) is 13.4 Å². The highest BCUT2D eigenvalue weighted by molar-refractivity contribution is 7.98. The van der Waals surface area contributed by atoms with E-state index in [2.05, 4.69) is 4.98 Å². The molecule has 0 N–H and O–H groups in total. The largest absolute Gasteiger partial charge is 0.299 e. The fourth-order valence-electron chi connectivity index (χ4n) is 2.31. The summed E-state index contributed by atoms with van der Waals surface area (Å²) in [4.78, 5) is 4.94. The van der Waals surface area contributed by atoms with Crippen molar-refractivity contribution < 1.29 is 8.42 Å². The van der Waals surface area contributed by atoms with Gasteiger partial charge in [-0.05, 0) is 54.8 Å². The van der Waals surface area contributed by atoms with Crippen LogP contribution in [0.25, 0.3) is 17.1 Å². The Labute approximate surface area is 150 Å². The fourth-order valence-corrected chi connectivity index (χ4v) is 3.46. The molecule has 0 aliphatic rings. The molecule has 0 amide bonds. The first-order chi connectivity index (χ1) is 11.4. The Morgan fingerprint density at radius 1 is 1.04 bits per heavy atom. The predicted octanol–water partition coefficient (Wildman–Crippen LogP) is 4.32. The Morgan fingerprint density at radius 2 is 1.67 bits per heavy atom. The van der Waals surface area contributed by atoms with E-state index in [-0.39, 0.29) is 0 Å². The average molecular weight is 379 g/mol. The highest BCUT2D eigenvalue weighted by Gasteiger charge is 2.13. The summed E-state index contributed by atoms with van der Waals surface area (Å²) in [6.07, 6.45) is 5.10. The second kappa shape index (κ2) is 6.63. The van der Waals surface area contributed by atoms with Crippen LogP contribution in [0.5, 0.6) is 0 Å². The van der Waals surface area contributed by atoms with Crippen LogP contribution >= 0.6 is 23.4 Å². The zero-order chi connectivity index (χ0) is 17.3. The van der Waals surface area contributed by atoms with E-state index < -0.39 is 9.84 Å². The first-order valence-corrected chi connectivity index (χ1v) is 10.6. The predicted molar refractivity (Wildman–Crippen MR) is 98.9 cm³/mol. The van der Waals surface area contributed by atoms with E-state index in [1.807, 2.05) is 41.3 Å². The lowest BCUT2D eigenvalue weighted by Gasteiger charge is -2.08. The number of benzene rings is 2. The van der Waals surface area contributed by atoms with Crippen LogP contribution in [0, 0.1) is 0 Å². The number of nitrogens with zero attached hydrogens (tertiary/aromatic N) is 2. The molecule has 3 rings (SSSR count). The molecule has 0 saturated carbocycles. The van der Waals surface area contributed by atoms with E-state index in [9.17, 15) is 8.42 Å². The van der Waals surface area contributed by atoms with Crippen molar-refractivity contribution in [2.24, 2.45) is 0 Å². The second-order valence-corrected chi connectivity index (χ2v) is 8.53. The van der Waals surface area contributed by atoms with Crippen molar-refractivity contribution in [2.45, 2.75) is 9.92 Å². The van der Waals surface area contributed by atoms with E-state index in [0.29, 0.717) is 9.92 Å². The summed E-state index contributed by atoms with van der Waals surface area (Å²) in [5.41, 5.74) is 1.78. The number of aromatic nitrogens is 2. The maximum Gasteiger partial charge on any atom is 0.175 e. The van der Waals surface area contributed by atoms with Gasteiger partial charge in [-0.3, -0.25) is 4.57 Å². The Bertz CT molecular complexity index is 963. The Hall–Kier alpha value is -1.76. The van der Waals surface area contributed by atoms with Gasteiger partial charge >= 0.3 is 0 Å². The second-order valence-electron chi connectivity index (χ2n) is 5.25. The van der Waals surface area contributed by atoms with Crippen molar-refractivity contribution >= 4 is 33.2 Å². The highest BCUT2D eigenvalue weighted by Crippen LogP contribution is 2.27. The number of imidazole rings is 1. The van der Waals surface area contributed by atoms with Gasteiger partial charge in [-0.1, -0.05) is 11.6 Å². The molecular weight excluding hydrogens is 364 g/mol. The minimum Gasteiger partial charge on any atom is -0.299 e. The summed E-state index contributed by atoms with van der Waals surface area (Å²) in [6.45, 7) is 0. The number of sulfone groups is 1. The van der Waals surface area contributed by atoms with Gasteiger partial charge in [0.15, 0.2) is 9.84 Å². The zero-order valence-corrected chi connectivity index (χ0v) is 15.5. The van der Waals surface area contributed by atoms with Crippen LogP contribution in [0.1, 0.15) is 0 Å². The van der Waals surface area contributed by atoms with Crippen LogP contribution in [0.2, 0.25) is 5.02 Å². The molecular formula is C17H15ClN2O2S2. The van der Waals surface area contributed by atoms with E-state index in [1.165, 1.54) is 6.26 Å². The molecule has 1 heterocycles. The van der Waals surface area contributed by atoms with Gasteiger partial charge in [-0.2, -0.15) is 0 Å². The number of hydrogen-bond donors (Lipinski definition) is 0. The molecule has 0 fully saturated rings. The van der Waals surface area contributed by atoms with Crippen LogP contribution in [0.4, 0.5) is 0 Å². The summed E-state index contributed by atoms with van der Waals surface area (Å²) in [5.74, 6) is 0.781. The Kier molecular flexibility index (Phi) is 4.71. The third kappa shape index (κ3) is 3.50. The van der Waals surface area contributed by atoms with E-state index in [4.69, 9.17) is 11.6 Å². The van der Waals surface area contributed by atoms with Crippen molar-refractivity contribution in [1.29, 1.82) is 0 Å². The maximum atomic E-state index is 11.6. The molecule has 124 valence electrons. The van der Waals surface area contributed by atoms with Crippen LogP contribution in [0.3, 0.4) is 0 Å². The molecule has 0 aliphatic carbocycles. The number of halogens is 1. The molecule has 0 aliphatic heterocycles. The smallest absolute Gasteiger partial charge is 0.175 e. The normalized spacial score (nSPS) is 11.6. The lowest BCUT2D eigenvalue weighted by atomic mass is 10.2. The minimum absolute atomic E-state index is 0.296.